The van der Waals surface area contributed by atoms with E-state index in [4.69, 9.17) is 16.7 Å². The van der Waals surface area contributed by atoms with Gasteiger partial charge in [0.1, 0.15) is 0 Å². The van der Waals surface area contributed by atoms with Crippen LogP contribution in [0, 0.1) is 0 Å². The maximum Gasteiger partial charge on any atom is 0.335 e. The number of rotatable bonds is 3. The standard InChI is InChI=1S/C16H14ClNO3S/c1-9(13-4-5-14(17)22-13)15(19)18-7-11-3-2-10(16(20)21)6-12(11)8-18/h2-6,9H,7-8H2,1H3,(H,20,21). The molecule has 0 spiro atoms. The number of carbonyl (C=O) groups excluding carboxylic acids is 1. The van der Waals surface area contributed by atoms with Crippen molar-refractivity contribution in [2.75, 3.05) is 0 Å². The third kappa shape index (κ3) is 2.74. The van der Waals surface area contributed by atoms with Gasteiger partial charge in [0.2, 0.25) is 5.91 Å². The van der Waals surface area contributed by atoms with E-state index in [2.05, 4.69) is 0 Å². The van der Waals surface area contributed by atoms with E-state index in [1.165, 1.54) is 11.3 Å². The first-order chi connectivity index (χ1) is 10.5. The molecule has 1 N–H and O–H groups in total. The van der Waals surface area contributed by atoms with E-state index in [0.29, 0.717) is 17.4 Å². The fourth-order valence-corrected chi connectivity index (χ4v) is 3.75. The van der Waals surface area contributed by atoms with Gasteiger partial charge >= 0.3 is 5.97 Å². The second kappa shape index (κ2) is 5.74. The molecule has 1 atom stereocenters. The molecule has 1 aliphatic heterocycles. The Bertz CT molecular complexity index is 756. The lowest BCUT2D eigenvalue weighted by Gasteiger charge is -2.19. The van der Waals surface area contributed by atoms with Crippen LogP contribution in [0.5, 0.6) is 0 Å². The van der Waals surface area contributed by atoms with E-state index in [0.717, 1.165) is 16.0 Å². The molecule has 0 saturated carbocycles. The first kappa shape index (κ1) is 15.1. The predicted molar refractivity (Wildman–Crippen MR) is 85.4 cm³/mol. The number of carboxylic acids is 1. The van der Waals surface area contributed by atoms with Crippen molar-refractivity contribution in [3.63, 3.8) is 0 Å². The zero-order valence-corrected chi connectivity index (χ0v) is 13.4. The number of nitrogens with zero attached hydrogens (tertiary/aromatic N) is 1. The maximum absolute atomic E-state index is 12.6. The Morgan fingerprint density at radius 1 is 1.23 bits per heavy atom. The minimum Gasteiger partial charge on any atom is -0.478 e. The molecule has 0 aliphatic carbocycles. The van der Waals surface area contributed by atoms with Gasteiger partial charge in [0, 0.05) is 18.0 Å². The van der Waals surface area contributed by atoms with Gasteiger partial charge in [-0.05, 0) is 42.3 Å². The van der Waals surface area contributed by atoms with Crippen LogP contribution in [0.15, 0.2) is 30.3 Å². The maximum atomic E-state index is 12.6. The summed E-state index contributed by atoms with van der Waals surface area (Å²) in [6.07, 6.45) is 0. The average molecular weight is 336 g/mol. The molecule has 22 heavy (non-hydrogen) atoms. The van der Waals surface area contributed by atoms with Crippen LogP contribution in [-0.2, 0) is 17.9 Å². The Balaban J connectivity index is 1.77. The zero-order valence-electron chi connectivity index (χ0n) is 11.9. The summed E-state index contributed by atoms with van der Waals surface area (Å²) in [7, 11) is 0. The lowest BCUT2D eigenvalue weighted by molar-refractivity contribution is -0.133. The molecule has 4 nitrogen and oxygen atoms in total. The molecule has 1 aliphatic rings. The van der Waals surface area contributed by atoms with Gasteiger partial charge in [-0.3, -0.25) is 4.79 Å². The number of benzene rings is 1. The highest BCUT2D eigenvalue weighted by Crippen LogP contribution is 2.32. The second-order valence-corrected chi connectivity index (χ2v) is 7.09. The van der Waals surface area contributed by atoms with Crippen molar-refractivity contribution in [3.05, 3.63) is 56.2 Å². The minimum atomic E-state index is -0.950. The Kier molecular flexibility index (Phi) is 3.93. The summed E-state index contributed by atoms with van der Waals surface area (Å²) in [5, 5.41) is 9.04. The first-order valence-electron chi connectivity index (χ1n) is 6.85. The lowest BCUT2D eigenvalue weighted by Crippen LogP contribution is -2.29. The number of amides is 1. The molecular formula is C16H14ClNO3S. The number of carbonyl (C=O) groups is 2. The SMILES string of the molecule is CC(C(=O)N1Cc2ccc(C(=O)O)cc2C1)c1ccc(Cl)s1. The molecule has 6 heteroatoms. The van der Waals surface area contributed by atoms with Crippen molar-refractivity contribution in [2.24, 2.45) is 0 Å². The molecular weight excluding hydrogens is 322 g/mol. The minimum absolute atomic E-state index is 0.0339. The van der Waals surface area contributed by atoms with Crippen molar-refractivity contribution in [1.29, 1.82) is 0 Å². The van der Waals surface area contributed by atoms with E-state index >= 15 is 0 Å². The molecule has 2 aromatic rings. The molecule has 1 amide bonds. The highest BCUT2D eigenvalue weighted by atomic mass is 35.5. The molecule has 1 unspecified atom stereocenters. The van der Waals surface area contributed by atoms with Gasteiger partial charge in [-0.25, -0.2) is 4.79 Å². The fraction of sp³-hybridized carbons (Fsp3) is 0.250. The Morgan fingerprint density at radius 2 is 1.95 bits per heavy atom. The molecule has 114 valence electrons. The van der Waals surface area contributed by atoms with Crippen molar-refractivity contribution >= 4 is 34.8 Å². The molecule has 2 heterocycles. The summed E-state index contributed by atoms with van der Waals surface area (Å²) < 4.78 is 0.672. The normalized spacial score (nSPS) is 14.7. The van der Waals surface area contributed by atoms with Crippen LogP contribution in [0.1, 0.15) is 39.2 Å². The van der Waals surface area contributed by atoms with Crippen LogP contribution in [-0.4, -0.2) is 21.9 Å². The third-order valence-corrected chi connectivity index (χ3v) is 5.29. The smallest absolute Gasteiger partial charge is 0.335 e. The van der Waals surface area contributed by atoms with Crippen LogP contribution in [0.3, 0.4) is 0 Å². The average Bonchev–Trinajstić information content (AvgIpc) is 3.10. The van der Waals surface area contributed by atoms with Gasteiger partial charge in [-0.1, -0.05) is 17.7 Å². The summed E-state index contributed by atoms with van der Waals surface area (Å²) in [4.78, 5) is 26.3. The Hall–Kier alpha value is -1.85. The quantitative estimate of drug-likeness (QED) is 0.929. The van der Waals surface area contributed by atoms with E-state index in [1.54, 1.807) is 29.2 Å². The highest BCUT2D eigenvalue weighted by molar-refractivity contribution is 7.16. The largest absolute Gasteiger partial charge is 0.478 e. The van der Waals surface area contributed by atoms with Crippen molar-refractivity contribution < 1.29 is 14.7 Å². The predicted octanol–water partition coefficient (Wildman–Crippen LogP) is 3.75. The Labute approximate surface area is 136 Å². The molecule has 0 fully saturated rings. The second-order valence-electron chi connectivity index (χ2n) is 5.35. The molecule has 0 bridgehead atoms. The monoisotopic (exact) mass is 335 g/mol. The van der Waals surface area contributed by atoms with Crippen LogP contribution in [0.4, 0.5) is 0 Å². The van der Waals surface area contributed by atoms with E-state index in [9.17, 15) is 9.59 Å². The van der Waals surface area contributed by atoms with Gasteiger partial charge in [0.25, 0.3) is 0 Å². The van der Waals surface area contributed by atoms with Crippen molar-refractivity contribution in [1.82, 2.24) is 4.90 Å². The van der Waals surface area contributed by atoms with Crippen molar-refractivity contribution in [2.45, 2.75) is 25.9 Å². The van der Waals surface area contributed by atoms with Crippen LogP contribution >= 0.6 is 22.9 Å². The highest BCUT2D eigenvalue weighted by Gasteiger charge is 2.28. The van der Waals surface area contributed by atoms with Crippen LogP contribution < -0.4 is 0 Å². The summed E-state index contributed by atoms with van der Waals surface area (Å²) in [6, 6.07) is 8.69. The van der Waals surface area contributed by atoms with E-state index in [1.807, 2.05) is 13.0 Å². The number of fused-ring (bicyclic) bond motifs is 1. The number of hydrogen-bond acceptors (Lipinski definition) is 3. The molecule has 1 aromatic heterocycles. The number of carboxylic acid groups (broad SMARTS) is 1. The Morgan fingerprint density at radius 3 is 2.59 bits per heavy atom. The van der Waals surface area contributed by atoms with Gasteiger partial charge in [-0.2, -0.15) is 0 Å². The van der Waals surface area contributed by atoms with Gasteiger partial charge < -0.3 is 10.0 Å². The van der Waals surface area contributed by atoms with Crippen LogP contribution in [0.25, 0.3) is 0 Å². The number of thiophene rings is 1. The molecule has 1 aromatic carbocycles. The number of aromatic carboxylic acids is 1. The molecule has 3 rings (SSSR count). The summed E-state index contributed by atoms with van der Waals surface area (Å²) in [5.41, 5.74) is 2.17. The fourth-order valence-electron chi connectivity index (χ4n) is 2.64. The summed E-state index contributed by atoms with van der Waals surface area (Å²) >= 11 is 7.34. The van der Waals surface area contributed by atoms with Crippen molar-refractivity contribution in [3.8, 4) is 0 Å². The lowest BCUT2D eigenvalue weighted by atomic mass is 10.1. The van der Waals surface area contributed by atoms with E-state index in [-0.39, 0.29) is 17.4 Å². The van der Waals surface area contributed by atoms with Gasteiger partial charge in [-0.15, -0.1) is 11.3 Å². The van der Waals surface area contributed by atoms with Crippen LogP contribution in [0.2, 0.25) is 4.34 Å². The first-order valence-corrected chi connectivity index (χ1v) is 8.04. The zero-order chi connectivity index (χ0) is 15.9. The third-order valence-electron chi connectivity index (χ3n) is 3.88. The van der Waals surface area contributed by atoms with Gasteiger partial charge in [0.05, 0.1) is 15.8 Å². The molecule has 0 radical (unpaired) electrons. The number of hydrogen-bond donors (Lipinski definition) is 1. The topological polar surface area (TPSA) is 57.6 Å². The summed E-state index contributed by atoms with van der Waals surface area (Å²) in [6.45, 7) is 2.85. The summed E-state index contributed by atoms with van der Waals surface area (Å²) in [5.74, 6) is -1.16. The number of halogens is 1. The molecule has 0 saturated heterocycles. The van der Waals surface area contributed by atoms with E-state index < -0.39 is 5.97 Å². The van der Waals surface area contributed by atoms with Gasteiger partial charge in [0.15, 0.2) is 0 Å².